The zero-order chi connectivity index (χ0) is 10.8. The molecular formula is C13H19NO. The van der Waals surface area contributed by atoms with E-state index in [0.29, 0.717) is 0 Å². The van der Waals surface area contributed by atoms with Crippen LogP contribution in [-0.2, 0) is 4.74 Å². The molecule has 2 atom stereocenters. The van der Waals surface area contributed by atoms with Gasteiger partial charge in [-0.15, -0.1) is 0 Å². The maximum atomic E-state index is 5.79. The van der Waals surface area contributed by atoms with Crippen LogP contribution in [-0.4, -0.2) is 11.6 Å². The highest BCUT2D eigenvalue weighted by Crippen LogP contribution is 2.31. The first kappa shape index (κ1) is 10.6. The van der Waals surface area contributed by atoms with E-state index < -0.39 is 0 Å². The molecule has 2 unspecified atom stereocenters. The smallest absolute Gasteiger partial charge is 0.0999 e. The van der Waals surface area contributed by atoms with Crippen LogP contribution in [0.25, 0.3) is 0 Å². The van der Waals surface area contributed by atoms with E-state index in [0.717, 1.165) is 24.6 Å². The normalized spacial score (nSPS) is 26.6. The molecule has 0 aromatic carbocycles. The molecule has 1 aliphatic rings. The molecule has 2 heteroatoms. The summed E-state index contributed by atoms with van der Waals surface area (Å²) >= 11 is 0. The van der Waals surface area contributed by atoms with Crippen LogP contribution >= 0.6 is 0 Å². The monoisotopic (exact) mass is 205 g/mol. The van der Waals surface area contributed by atoms with Crippen LogP contribution in [0.5, 0.6) is 0 Å². The van der Waals surface area contributed by atoms with Crippen molar-refractivity contribution in [3.8, 4) is 0 Å². The van der Waals surface area contributed by atoms with Gasteiger partial charge in [-0.3, -0.25) is 4.98 Å². The first-order valence-corrected chi connectivity index (χ1v) is 5.71. The predicted molar refractivity (Wildman–Crippen MR) is 60.8 cm³/mol. The number of aromatic nitrogens is 1. The number of hydrogen-bond donors (Lipinski definition) is 0. The zero-order valence-corrected chi connectivity index (χ0v) is 9.79. The van der Waals surface area contributed by atoms with E-state index in [9.17, 15) is 0 Å². The molecular weight excluding hydrogens is 186 g/mol. The second-order valence-electron chi connectivity index (χ2n) is 4.70. The molecule has 2 rings (SSSR count). The summed E-state index contributed by atoms with van der Waals surface area (Å²) in [6, 6.07) is 2.19. The summed E-state index contributed by atoms with van der Waals surface area (Å²) in [4.78, 5) is 4.51. The van der Waals surface area contributed by atoms with E-state index in [4.69, 9.17) is 4.74 Å². The molecule has 1 saturated heterocycles. The zero-order valence-electron chi connectivity index (χ0n) is 9.79. The summed E-state index contributed by atoms with van der Waals surface area (Å²) in [5.41, 5.74) is 3.61. The lowest BCUT2D eigenvalue weighted by molar-refractivity contribution is -0.00914. The number of pyridine rings is 1. The Morgan fingerprint density at radius 1 is 1.40 bits per heavy atom. The van der Waals surface area contributed by atoms with Crippen LogP contribution in [0.15, 0.2) is 12.3 Å². The lowest BCUT2D eigenvalue weighted by Gasteiger charge is -2.27. The van der Waals surface area contributed by atoms with E-state index in [-0.39, 0.29) is 6.10 Å². The molecule has 0 spiro atoms. The van der Waals surface area contributed by atoms with Crippen molar-refractivity contribution in [3.05, 3.63) is 29.1 Å². The second-order valence-corrected chi connectivity index (χ2v) is 4.70. The summed E-state index contributed by atoms with van der Waals surface area (Å²) in [6.45, 7) is 7.37. The Bertz CT molecular complexity index is 348. The van der Waals surface area contributed by atoms with E-state index in [1.807, 2.05) is 6.20 Å². The van der Waals surface area contributed by atoms with E-state index in [1.165, 1.54) is 17.5 Å². The van der Waals surface area contributed by atoms with E-state index in [1.54, 1.807) is 0 Å². The highest BCUT2D eigenvalue weighted by atomic mass is 16.5. The Kier molecular flexibility index (Phi) is 3.06. The van der Waals surface area contributed by atoms with Gasteiger partial charge < -0.3 is 4.74 Å². The average molecular weight is 205 g/mol. The van der Waals surface area contributed by atoms with E-state index >= 15 is 0 Å². The molecule has 2 heterocycles. The maximum Gasteiger partial charge on any atom is 0.0999 e. The van der Waals surface area contributed by atoms with Gasteiger partial charge in [-0.2, -0.15) is 0 Å². The van der Waals surface area contributed by atoms with Crippen molar-refractivity contribution in [2.45, 2.75) is 39.7 Å². The Labute approximate surface area is 91.7 Å². The minimum absolute atomic E-state index is 0.217. The van der Waals surface area contributed by atoms with Gasteiger partial charge in [0.25, 0.3) is 0 Å². The maximum absolute atomic E-state index is 5.79. The molecule has 15 heavy (non-hydrogen) atoms. The number of nitrogens with zero attached hydrogens (tertiary/aromatic N) is 1. The van der Waals surface area contributed by atoms with Gasteiger partial charge in [0, 0.05) is 12.8 Å². The quantitative estimate of drug-likeness (QED) is 0.702. The summed E-state index contributed by atoms with van der Waals surface area (Å²) < 4.78 is 5.79. The SMILES string of the molecule is Cc1cnc(C2CC(C)CCO2)c(C)c1. The Balaban J connectivity index is 2.21. The van der Waals surface area contributed by atoms with Crippen molar-refractivity contribution in [3.63, 3.8) is 0 Å². The number of ether oxygens (including phenoxy) is 1. The third kappa shape index (κ3) is 2.37. The Morgan fingerprint density at radius 2 is 2.20 bits per heavy atom. The fourth-order valence-corrected chi connectivity index (χ4v) is 2.22. The van der Waals surface area contributed by atoms with Crippen LogP contribution in [0.3, 0.4) is 0 Å². The molecule has 82 valence electrons. The van der Waals surface area contributed by atoms with Crippen LogP contribution in [0.2, 0.25) is 0 Å². The third-order valence-electron chi connectivity index (χ3n) is 3.11. The lowest BCUT2D eigenvalue weighted by Crippen LogP contribution is -2.19. The molecule has 2 nitrogen and oxygen atoms in total. The highest BCUT2D eigenvalue weighted by molar-refractivity contribution is 5.25. The van der Waals surface area contributed by atoms with Crippen molar-refractivity contribution in [1.82, 2.24) is 4.98 Å². The fraction of sp³-hybridized carbons (Fsp3) is 0.615. The first-order valence-electron chi connectivity index (χ1n) is 5.71. The largest absolute Gasteiger partial charge is 0.372 e. The number of hydrogen-bond acceptors (Lipinski definition) is 2. The molecule has 0 aliphatic carbocycles. The van der Waals surface area contributed by atoms with Gasteiger partial charge in [0.15, 0.2) is 0 Å². The standard InChI is InChI=1S/C13H19NO/c1-9-4-5-15-12(7-9)13-11(3)6-10(2)8-14-13/h6,8-9,12H,4-5,7H2,1-3H3. The highest BCUT2D eigenvalue weighted by Gasteiger charge is 2.23. The molecule has 0 radical (unpaired) electrons. The molecule has 0 bridgehead atoms. The van der Waals surface area contributed by atoms with Crippen LogP contribution in [0.4, 0.5) is 0 Å². The summed E-state index contributed by atoms with van der Waals surface area (Å²) in [5.74, 6) is 0.756. The first-order chi connectivity index (χ1) is 7.16. The summed E-state index contributed by atoms with van der Waals surface area (Å²) in [7, 11) is 0. The number of aryl methyl sites for hydroxylation is 2. The van der Waals surface area contributed by atoms with Gasteiger partial charge >= 0.3 is 0 Å². The van der Waals surface area contributed by atoms with Crippen molar-refractivity contribution < 1.29 is 4.74 Å². The molecule has 0 saturated carbocycles. The van der Waals surface area contributed by atoms with Crippen molar-refractivity contribution in [2.75, 3.05) is 6.61 Å². The average Bonchev–Trinajstić information content (AvgIpc) is 2.17. The Morgan fingerprint density at radius 3 is 2.87 bits per heavy atom. The molecule has 1 aliphatic heterocycles. The van der Waals surface area contributed by atoms with Crippen LogP contribution in [0.1, 0.15) is 42.7 Å². The minimum Gasteiger partial charge on any atom is -0.372 e. The van der Waals surface area contributed by atoms with Crippen molar-refractivity contribution in [2.24, 2.45) is 5.92 Å². The number of rotatable bonds is 1. The van der Waals surface area contributed by atoms with Crippen molar-refractivity contribution >= 4 is 0 Å². The van der Waals surface area contributed by atoms with E-state index in [2.05, 4.69) is 31.8 Å². The van der Waals surface area contributed by atoms with Crippen molar-refractivity contribution in [1.29, 1.82) is 0 Å². The topological polar surface area (TPSA) is 22.1 Å². The Hall–Kier alpha value is -0.890. The van der Waals surface area contributed by atoms with Crippen LogP contribution < -0.4 is 0 Å². The van der Waals surface area contributed by atoms with Gasteiger partial charge in [0.1, 0.15) is 0 Å². The summed E-state index contributed by atoms with van der Waals surface area (Å²) in [6.07, 6.45) is 4.44. The second kappa shape index (κ2) is 4.31. The van der Waals surface area contributed by atoms with Gasteiger partial charge in [-0.25, -0.2) is 0 Å². The molecule has 0 N–H and O–H groups in total. The molecule has 1 fully saturated rings. The predicted octanol–water partition coefficient (Wildman–Crippen LogP) is 3.19. The van der Waals surface area contributed by atoms with Gasteiger partial charge in [-0.05, 0) is 43.7 Å². The van der Waals surface area contributed by atoms with Gasteiger partial charge in [0.05, 0.1) is 11.8 Å². The van der Waals surface area contributed by atoms with Gasteiger partial charge in [-0.1, -0.05) is 13.0 Å². The summed E-state index contributed by atoms with van der Waals surface area (Å²) in [5, 5.41) is 0. The van der Waals surface area contributed by atoms with Crippen LogP contribution in [0, 0.1) is 19.8 Å². The third-order valence-corrected chi connectivity index (χ3v) is 3.11. The molecule has 0 amide bonds. The van der Waals surface area contributed by atoms with Gasteiger partial charge in [0.2, 0.25) is 0 Å². The minimum atomic E-state index is 0.217. The lowest BCUT2D eigenvalue weighted by atomic mass is 9.94. The fourth-order valence-electron chi connectivity index (χ4n) is 2.22. The molecule has 1 aromatic heterocycles. The molecule has 1 aromatic rings.